The van der Waals surface area contributed by atoms with Crippen molar-refractivity contribution in [3.05, 3.63) is 41.1 Å². The number of pyridine rings is 1. The molecule has 0 aliphatic carbocycles. The molecule has 2 aromatic heterocycles. The second kappa shape index (κ2) is 4.55. The molecule has 0 fully saturated rings. The lowest BCUT2D eigenvalue weighted by molar-refractivity contribution is 0.415. The molecule has 2 N–H and O–H groups in total. The van der Waals surface area contributed by atoms with Crippen molar-refractivity contribution in [2.75, 3.05) is 12.8 Å². The first-order valence-electron chi connectivity index (χ1n) is 5.63. The molecule has 0 aliphatic rings. The number of aromatic nitrogens is 3. The Kier molecular flexibility index (Phi) is 2.87. The number of rotatable bonds is 2. The Hall–Kier alpha value is -2.08. The highest BCUT2D eigenvalue weighted by Crippen LogP contribution is 2.26. The minimum atomic E-state index is 0.423. The Morgan fingerprint density at radius 1 is 1.26 bits per heavy atom. The van der Waals surface area contributed by atoms with Crippen LogP contribution in [-0.4, -0.2) is 21.6 Å². The third kappa shape index (κ3) is 2.04. The van der Waals surface area contributed by atoms with E-state index in [0.717, 1.165) is 27.1 Å². The third-order valence-electron chi connectivity index (χ3n) is 2.86. The van der Waals surface area contributed by atoms with E-state index in [1.165, 1.54) is 0 Å². The van der Waals surface area contributed by atoms with Crippen molar-refractivity contribution in [2.45, 2.75) is 0 Å². The van der Waals surface area contributed by atoms with Gasteiger partial charge in [-0.15, -0.1) is 0 Å². The van der Waals surface area contributed by atoms with Gasteiger partial charge in [-0.05, 0) is 40.2 Å². The highest BCUT2D eigenvalue weighted by molar-refractivity contribution is 9.10. The minimum absolute atomic E-state index is 0.423. The first-order chi connectivity index (χ1) is 9.19. The maximum atomic E-state index is 5.99. The van der Waals surface area contributed by atoms with Crippen LogP contribution in [0.4, 0.5) is 5.95 Å². The van der Waals surface area contributed by atoms with Crippen molar-refractivity contribution < 1.29 is 4.74 Å². The van der Waals surface area contributed by atoms with E-state index in [1.807, 2.05) is 34.9 Å². The van der Waals surface area contributed by atoms with Crippen molar-refractivity contribution >= 4 is 32.9 Å². The molecule has 0 amide bonds. The first-order valence-corrected chi connectivity index (χ1v) is 6.42. The highest BCUT2D eigenvalue weighted by Gasteiger charge is 2.11. The summed E-state index contributed by atoms with van der Waals surface area (Å²) in [6.07, 6.45) is 1.74. The zero-order valence-electron chi connectivity index (χ0n) is 10.2. The SMILES string of the molecule is COc1ccc2nc(N)n(-c3ccc(Br)nc3)c2c1. The van der Waals surface area contributed by atoms with Crippen molar-refractivity contribution in [2.24, 2.45) is 0 Å². The summed E-state index contributed by atoms with van der Waals surface area (Å²) in [5.41, 5.74) is 8.55. The molecule has 0 saturated carbocycles. The number of ether oxygens (including phenoxy) is 1. The third-order valence-corrected chi connectivity index (χ3v) is 3.33. The summed E-state index contributed by atoms with van der Waals surface area (Å²) < 4.78 is 7.86. The van der Waals surface area contributed by atoms with Gasteiger partial charge in [0.1, 0.15) is 10.4 Å². The fourth-order valence-electron chi connectivity index (χ4n) is 1.97. The largest absolute Gasteiger partial charge is 0.497 e. The molecular weight excluding hydrogens is 308 g/mol. The number of anilines is 1. The molecule has 0 aliphatic heterocycles. The molecule has 3 aromatic rings. The van der Waals surface area contributed by atoms with Gasteiger partial charge in [0.05, 0.1) is 30.0 Å². The van der Waals surface area contributed by atoms with E-state index in [0.29, 0.717) is 5.95 Å². The number of nitrogen functional groups attached to an aromatic ring is 1. The van der Waals surface area contributed by atoms with Crippen molar-refractivity contribution in [3.63, 3.8) is 0 Å². The van der Waals surface area contributed by atoms with E-state index >= 15 is 0 Å². The first kappa shape index (κ1) is 12.0. The van der Waals surface area contributed by atoms with E-state index in [9.17, 15) is 0 Å². The number of nitrogens with zero attached hydrogens (tertiary/aromatic N) is 3. The fraction of sp³-hybridized carbons (Fsp3) is 0.0769. The van der Waals surface area contributed by atoms with E-state index in [4.69, 9.17) is 10.5 Å². The molecule has 5 nitrogen and oxygen atoms in total. The number of hydrogen-bond acceptors (Lipinski definition) is 4. The maximum Gasteiger partial charge on any atom is 0.205 e. The lowest BCUT2D eigenvalue weighted by atomic mass is 10.3. The summed E-state index contributed by atoms with van der Waals surface area (Å²) in [5, 5.41) is 0. The smallest absolute Gasteiger partial charge is 0.205 e. The number of hydrogen-bond donors (Lipinski definition) is 1. The summed E-state index contributed by atoms with van der Waals surface area (Å²) in [4.78, 5) is 8.54. The average molecular weight is 319 g/mol. The van der Waals surface area contributed by atoms with Gasteiger partial charge in [-0.2, -0.15) is 0 Å². The van der Waals surface area contributed by atoms with Gasteiger partial charge in [0, 0.05) is 6.07 Å². The average Bonchev–Trinajstić information content (AvgIpc) is 2.75. The molecular formula is C13H11BrN4O. The van der Waals surface area contributed by atoms with Gasteiger partial charge in [-0.25, -0.2) is 9.97 Å². The highest BCUT2D eigenvalue weighted by atomic mass is 79.9. The van der Waals surface area contributed by atoms with Crippen LogP contribution in [0.3, 0.4) is 0 Å². The molecule has 6 heteroatoms. The lowest BCUT2D eigenvalue weighted by Gasteiger charge is -2.06. The summed E-state index contributed by atoms with van der Waals surface area (Å²) in [6, 6.07) is 9.43. The molecule has 19 heavy (non-hydrogen) atoms. The summed E-state index contributed by atoms with van der Waals surface area (Å²) in [7, 11) is 1.63. The molecule has 0 spiro atoms. The van der Waals surface area contributed by atoms with Gasteiger partial charge in [0.2, 0.25) is 5.95 Å². The molecule has 1 aromatic carbocycles. The second-order valence-corrected chi connectivity index (χ2v) is 4.81. The van der Waals surface area contributed by atoms with E-state index < -0.39 is 0 Å². The number of imidazole rings is 1. The van der Waals surface area contributed by atoms with E-state index in [2.05, 4.69) is 25.9 Å². The van der Waals surface area contributed by atoms with Crippen LogP contribution in [-0.2, 0) is 0 Å². The summed E-state index contributed by atoms with van der Waals surface area (Å²) >= 11 is 3.31. The molecule has 3 rings (SSSR count). The normalized spacial score (nSPS) is 10.8. The monoisotopic (exact) mass is 318 g/mol. The quantitative estimate of drug-likeness (QED) is 0.738. The number of halogens is 1. The molecule has 96 valence electrons. The molecule has 2 heterocycles. The Morgan fingerprint density at radius 3 is 2.79 bits per heavy atom. The molecule has 0 atom stereocenters. The fourth-order valence-corrected chi connectivity index (χ4v) is 2.21. The Morgan fingerprint density at radius 2 is 2.11 bits per heavy atom. The number of nitrogens with two attached hydrogens (primary N) is 1. The predicted octanol–water partition coefficient (Wildman–Crippen LogP) is 2.77. The predicted molar refractivity (Wildman–Crippen MR) is 77.5 cm³/mol. The van der Waals surface area contributed by atoms with Crippen molar-refractivity contribution in [1.82, 2.24) is 14.5 Å². The number of methoxy groups -OCH3 is 1. The van der Waals surface area contributed by atoms with Gasteiger partial charge >= 0.3 is 0 Å². The van der Waals surface area contributed by atoms with Crippen LogP contribution >= 0.6 is 15.9 Å². The minimum Gasteiger partial charge on any atom is -0.497 e. The standard InChI is InChI=1S/C13H11BrN4O/c1-19-9-3-4-10-11(6-9)18(13(15)17-10)8-2-5-12(14)16-7-8/h2-7H,1H3,(H2,15,17). The van der Waals surface area contributed by atoms with Crippen molar-refractivity contribution in [3.8, 4) is 11.4 Å². The van der Waals surface area contributed by atoms with Crippen LogP contribution in [0.2, 0.25) is 0 Å². The van der Waals surface area contributed by atoms with Gasteiger partial charge in [-0.1, -0.05) is 0 Å². The molecule has 0 saturated heterocycles. The van der Waals surface area contributed by atoms with Gasteiger partial charge in [-0.3, -0.25) is 4.57 Å². The number of benzene rings is 1. The Balaban J connectivity index is 2.26. The zero-order valence-corrected chi connectivity index (χ0v) is 11.8. The van der Waals surface area contributed by atoms with E-state index in [-0.39, 0.29) is 0 Å². The van der Waals surface area contributed by atoms with E-state index in [1.54, 1.807) is 13.3 Å². The van der Waals surface area contributed by atoms with Crippen LogP contribution in [0.15, 0.2) is 41.1 Å². The molecule has 0 unspecified atom stereocenters. The molecule has 0 bridgehead atoms. The van der Waals surface area contributed by atoms with Crippen LogP contribution in [0, 0.1) is 0 Å². The van der Waals surface area contributed by atoms with Crippen LogP contribution in [0.5, 0.6) is 5.75 Å². The van der Waals surface area contributed by atoms with Crippen molar-refractivity contribution in [1.29, 1.82) is 0 Å². The maximum absolute atomic E-state index is 5.99. The Bertz CT molecular complexity index is 736. The lowest BCUT2D eigenvalue weighted by Crippen LogP contribution is -2.01. The summed E-state index contributed by atoms with van der Waals surface area (Å²) in [6.45, 7) is 0. The van der Waals surface area contributed by atoms with Crippen LogP contribution in [0.1, 0.15) is 0 Å². The van der Waals surface area contributed by atoms with Crippen LogP contribution < -0.4 is 10.5 Å². The second-order valence-electron chi connectivity index (χ2n) is 4.00. The van der Waals surface area contributed by atoms with Gasteiger partial charge in [0.25, 0.3) is 0 Å². The van der Waals surface area contributed by atoms with Gasteiger partial charge < -0.3 is 10.5 Å². The van der Waals surface area contributed by atoms with Gasteiger partial charge in [0.15, 0.2) is 0 Å². The number of fused-ring (bicyclic) bond motifs is 1. The molecule has 0 radical (unpaired) electrons. The Labute approximate surface area is 118 Å². The van der Waals surface area contributed by atoms with Crippen LogP contribution in [0.25, 0.3) is 16.7 Å². The topological polar surface area (TPSA) is 66.0 Å². The summed E-state index contributed by atoms with van der Waals surface area (Å²) in [5.74, 6) is 1.19. The zero-order chi connectivity index (χ0) is 13.4.